The topological polar surface area (TPSA) is 51.2 Å². The predicted octanol–water partition coefficient (Wildman–Crippen LogP) is 5.88. The molecule has 0 spiro atoms. The molecule has 0 unspecified atom stereocenters. The monoisotopic (exact) mass is 398 g/mol. The molecule has 4 nitrogen and oxygen atoms in total. The molecule has 140 valence electrons. The van der Waals surface area contributed by atoms with Crippen LogP contribution in [0.15, 0.2) is 53.4 Å². The third-order valence-electron chi connectivity index (χ3n) is 3.87. The highest BCUT2D eigenvalue weighted by Crippen LogP contribution is 2.31. The van der Waals surface area contributed by atoms with Crippen molar-refractivity contribution in [2.75, 3.05) is 12.4 Å². The van der Waals surface area contributed by atoms with Crippen molar-refractivity contribution in [2.45, 2.75) is 30.9 Å². The second-order valence-corrected chi connectivity index (χ2v) is 9.15. The maximum Gasteiger partial charge on any atom is 0.257 e. The van der Waals surface area contributed by atoms with Crippen LogP contribution < -0.4 is 10.1 Å². The van der Waals surface area contributed by atoms with E-state index in [4.69, 9.17) is 4.74 Å². The Morgan fingerprint density at radius 2 is 1.78 bits per heavy atom. The number of aromatic nitrogens is 1. The molecule has 0 aliphatic carbocycles. The van der Waals surface area contributed by atoms with Gasteiger partial charge in [0.2, 0.25) is 0 Å². The van der Waals surface area contributed by atoms with Gasteiger partial charge in [-0.25, -0.2) is 4.98 Å². The van der Waals surface area contributed by atoms with Crippen molar-refractivity contribution in [1.82, 2.24) is 4.98 Å². The van der Waals surface area contributed by atoms with Crippen LogP contribution in [0, 0.1) is 6.92 Å². The van der Waals surface area contributed by atoms with Gasteiger partial charge in [-0.05, 0) is 55.5 Å². The van der Waals surface area contributed by atoms with Gasteiger partial charge in [-0.3, -0.25) is 10.1 Å². The number of anilines is 1. The first-order valence-corrected chi connectivity index (χ1v) is 10.4. The number of nitrogens with zero attached hydrogens (tertiary/aromatic N) is 1. The summed E-state index contributed by atoms with van der Waals surface area (Å²) < 4.78 is 5.20. The first-order valence-electron chi connectivity index (χ1n) is 8.66. The Balaban J connectivity index is 1.73. The highest BCUT2D eigenvalue weighted by Gasteiger charge is 2.13. The molecule has 0 fully saturated rings. The van der Waals surface area contributed by atoms with E-state index in [1.807, 2.05) is 55.5 Å². The number of methoxy groups -OCH3 is 1. The number of hydrogen-bond donors (Lipinski definition) is 1. The summed E-state index contributed by atoms with van der Waals surface area (Å²) in [6.45, 7) is 6.30. The van der Waals surface area contributed by atoms with Crippen LogP contribution in [0.2, 0.25) is 0 Å². The zero-order valence-corrected chi connectivity index (χ0v) is 17.4. The lowest BCUT2D eigenvalue weighted by Crippen LogP contribution is -2.11. The third-order valence-corrected chi connectivity index (χ3v) is 5.77. The van der Waals surface area contributed by atoms with Gasteiger partial charge in [0.25, 0.3) is 5.91 Å². The Morgan fingerprint density at radius 1 is 1.11 bits per heavy atom. The summed E-state index contributed by atoms with van der Waals surface area (Å²) in [6, 6.07) is 15.4. The number of amides is 1. The zero-order valence-electron chi connectivity index (χ0n) is 15.8. The maximum atomic E-state index is 12.5. The fourth-order valence-electron chi connectivity index (χ4n) is 2.59. The van der Waals surface area contributed by atoms with Crippen molar-refractivity contribution in [1.29, 1.82) is 0 Å². The van der Waals surface area contributed by atoms with Gasteiger partial charge >= 0.3 is 0 Å². The molecular weight excluding hydrogens is 376 g/mol. The number of carbonyl (C=O) groups is 1. The molecule has 0 radical (unpaired) electrons. The fraction of sp³-hybridized carbons (Fsp3) is 0.238. The van der Waals surface area contributed by atoms with Gasteiger partial charge in [-0.2, -0.15) is 0 Å². The van der Waals surface area contributed by atoms with Crippen LogP contribution in [0.5, 0.6) is 5.75 Å². The van der Waals surface area contributed by atoms with Gasteiger partial charge in [-0.1, -0.05) is 13.8 Å². The molecule has 0 aliphatic heterocycles. The summed E-state index contributed by atoms with van der Waals surface area (Å²) in [4.78, 5) is 19.3. The van der Waals surface area contributed by atoms with Crippen LogP contribution in [-0.2, 0) is 0 Å². The Morgan fingerprint density at radius 3 is 2.37 bits per heavy atom. The number of thiazole rings is 1. The van der Waals surface area contributed by atoms with Gasteiger partial charge in [-0.15, -0.1) is 23.1 Å². The summed E-state index contributed by atoms with van der Waals surface area (Å²) in [5, 5.41) is 4.02. The van der Waals surface area contributed by atoms with E-state index in [1.165, 1.54) is 11.3 Å². The predicted molar refractivity (Wildman–Crippen MR) is 114 cm³/mol. The van der Waals surface area contributed by atoms with Crippen LogP contribution in [-0.4, -0.2) is 23.3 Å². The van der Waals surface area contributed by atoms with E-state index in [9.17, 15) is 4.79 Å². The Kier molecular flexibility index (Phi) is 6.19. The SMILES string of the molecule is COc1ccc(-c2nc(NC(=O)c3ccc(SC(C)C)cc3)sc2C)cc1. The highest BCUT2D eigenvalue weighted by atomic mass is 32.2. The number of nitrogens with one attached hydrogen (secondary N) is 1. The van der Waals surface area contributed by atoms with E-state index in [0.717, 1.165) is 26.8 Å². The third kappa shape index (κ3) is 4.90. The van der Waals surface area contributed by atoms with Gasteiger partial charge < -0.3 is 4.74 Å². The van der Waals surface area contributed by atoms with Gasteiger partial charge in [0.1, 0.15) is 5.75 Å². The normalized spacial score (nSPS) is 10.9. The second kappa shape index (κ2) is 8.59. The summed E-state index contributed by atoms with van der Waals surface area (Å²) in [6.07, 6.45) is 0. The quantitative estimate of drug-likeness (QED) is 0.527. The van der Waals surface area contributed by atoms with E-state index in [0.29, 0.717) is 15.9 Å². The Hall–Kier alpha value is -2.31. The van der Waals surface area contributed by atoms with Crippen LogP contribution in [0.3, 0.4) is 0 Å². The minimum Gasteiger partial charge on any atom is -0.497 e. The first-order chi connectivity index (χ1) is 13.0. The van der Waals surface area contributed by atoms with Crippen molar-refractivity contribution in [3.8, 4) is 17.0 Å². The molecule has 1 heterocycles. The molecule has 3 aromatic rings. The number of benzene rings is 2. The fourth-order valence-corrected chi connectivity index (χ4v) is 4.26. The number of carbonyl (C=O) groups excluding carboxylic acids is 1. The van der Waals surface area contributed by atoms with Crippen LogP contribution in [0.4, 0.5) is 5.13 Å². The standard InChI is InChI=1S/C21H22N2O2S2/c1-13(2)26-18-11-7-16(8-12-18)20(24)23-21-22-19(14(3)27-21)15-5-9-17(25-4)10-6-15/h5-13H,1-4H3,(H,22,23,24). The van der Waals surface area contributed by atoms with E-state index in [1.54, 1.807) is 18.9 Å². The zero-order chi connectivity index (χ0) is 19.4. The summed E-state index contributed by atoms with van der Waals surface area (Å²) >= 11 is 3.25. The average Bonchev–Trinajstić information content (AvgIpc) is 3.02. The average molecular weight is 399 g/mol. The largest absolute Gasteiger partial charge is 0.497 e. The lowest BCUT2D eigenvalue weighted by atomic mass is 10.1. The van der Waals surface area contributed by atoms with Gasteiger partial charge in [0, 0.05) is 26.1 Å². The van der Waals surface area contributed by atoms with E-state index in [-0.39, 0.29) is 5.91 Å². The summed E-state index contributed by atoms with van der Waals surface area (Å²) in [7, 11) is 1.64. The molecule has 1 aromatic heterocycles. The molecule has 1 amide bonds. The lowest BCUT2D eigenvalue weighted by molar-refractivity contribution is 0.102. The Bertz CT molecular complexity index is 916. The first kappa shape index (κ1) is 19.5. The molecule has 0 atom stereocenters. The number of ether oxygens (including phenoxy) is 1. The second-order valence-electron chi connectivity index (χ2n) is 6.30. The van der Waals surface area contributed by atoms with Crippen LogP contribution >= 0.6 is 23.1 Å². The smallest absolute Gasteiger partial charge is 0.257 e. The van der Waals surface area contributed by atoms with Crippen molar-refractivity contribution >= 4 is 34.1 Å². The molecule has 27 heavy (non-hydrogen) atoms. The van der Waals surface area contributed by atoms with Crippen molar-refractivity contribution < 1.29 is 9.53 Å². The van der Waals surface area contributed by atoms with E-state index >= 15 is 0 Å². The van der Waals surface area contributed by atoms with Crippen molar-refractivity contribution in [2.24, 2.45) is 0 Å². The highest BCUT2D eigenvalue weighted by molar-refractivity contribution is 7.99. The molecule has 6 heteroatoms. The van der Waals surface area contributed by atoms with Gasteiger partial charge in [0.15, 0.2) is 5.13 Å². The molecule has 3 rings (SSSR count). The van der Waals surface area contributed by atoms with E-state index < -0.39 is 0 Å². The molecule has 1 N–H and O–H groups in total. The number of hydrogen-bond acceptors (Lipinski definition) is 5. The summed E-state index contributed by atoms with van der Waals surface area (Å²) in [5.74, 6) is 0.658. The minimum atomic E-state index is -0.147. The maximum absolute atomic E-state index is 12.5. The van der Waals surface area contributed by atoms with Crippen LogP contribution in [0.25, 0.3) is 11.3 Å². The lowest BCUT2D eigenvalue weighted by Gasteiger charge is -2.06. The van der Waals surface area contributed by atoms with E-state index in [2.05, 4.69) is 24.1 Å². The molecular formula is C21H22N2O2S2. The Labute approximate surface area is 168 Å². The van der Waals surface area contributed by atoms with Crippen LogP contribution in [0.1, 0.15) is 29.1 Å². The molecule has 2 aromatic carbocycles. The number of thioether (sulfide) groups is 1. The molecule has 0 saturated carbocycles. The number of rotatable bonds is 6. The van der Waals surface area contributed by atoms with Crippen molar-refractivity contribution in [3.63, 3.8) is 0 Å². The molecule has 0 aliphatic rings. The molecule has 0 bridgehead atoms. The van der Waals surface area contributed by atoms with Gasteiger partial charge in [0.05, 0.1) is 12.8 Å². The molecule has 0 saturated heterocycles. The minimum absolute atomic E-state index is 0.147. The number of aryl methyl sites for hydroxylation is 1. The summed E-state index contributed by atoms with van der Waals surface area (Å²) in [5.41, 5.74) is 2.50. The van der Waals surface area contributed by atoms with Crippen molar-refractivity contribution in [3.05, 3.63) is 59.0 Å².